The van der Waals surface area contributed by atoms with Crippen LogP contribution >= 0.6 is 0 Å². The minimum atomic E-state index is -1.18. The largest absolute Gasteiger partial charge is 0.353 e. The Morgan fingerprint density at radius 3 is 2.34 bits per heavy atom. The molecule has 2 aliphatic heterocycles. The summed E-state index contributed by atoms with van der Waals surface area (Å²) in [4.78, 5) is 59.4. The Hall–Kier alpha value is -2.78. The van der Waals surface area contributed by atoms with Crippen LogP contribution in [0.5, 0.6) is 0 Å². The Morgan fingerprint density at radius 1 is 1.09 bits per heavy atom. The monoisotopic (exact) mass is 485 g/mol. The lowest BCUT2D eigenvalue weighted by Crippen LogP contribution is -2.53. The number of nitrogens with zero attached hydrogens (tertiary/aromatic N) is 4. The smallest absolute Gasteiger partial charge is 0.240 e. The molecular formula is C26H39N5O4. The molecule has 9 nitrogen and oxygen atoms in total. The van der Waals surface area contributed by atoms with Crippen LogP contribution in [0.2, 0.25) is 0 Å². The molecule has 2 heterocycles. The molecule has 2 saturated heterocycles. The fourth-order valence-corrected chi connectivity index (χ4v) is 4.98. The number of hydrogen-bond donors (Lipinski definition) is 1. The van der Waals surface area contributed by atoms with Crippen LogP contribution in [0, 0.1) is 6.92 Å². The van der Waals surface area contributed by atoms with E-state index in [2.05, 4.69) is 5.32 Å². The molecule has 0 radical (unpaired) electrons. The highest BCUT2D eigenvalue weighted by molar-refractivity contribution is 6.11. The van der Waals surface area contributed by atoms with Gasteiger partial charge in [0.2, 0.25) is 23.6 Å². The second-order valence-corrected chi connectivity index (χ2v) is 10.3. The molecule has 0 saturated carbocycles. The van der Waals surface area contributed by atoms with E-state index in [1.165, 1.54) is 4.90 Å². The summed E-state index contributed by atoms with van der Waals surface area (Å²) >= 11 is 0. The zero-order valence-electron chi connectivity index (χ0n) is 21.7. The molecule has 2 aliphatic rings. The van der Waals surface area contributed by atoms with E-state index in [1.54, 1.807) is 4.90 Å². The predicted octanol–water partition coefficient (Wildman–Crippen LogP) is 0.612. The number of rotatable bonds is 9. The third-order valence-corrected chi connectivity index (χ3v) is 6.83. The van der Waals surface area contributed by atoms with Gasteiger partial charge < -0.3 is 15.1 Å². The van der Waals surface area contributed by atoms with Crippen molar-refractivity contribution in [3.05, 3.63) is 35.4 Å². The van der Waals surface area contributed by atoms with Crippen molar-refractivity contribution >= 4 is 23.6 Å². The second kappa shape index (κ2) is 11.3. The first-order valence-corrected chi connectivity index (χ1v) is 12.4. The second-order valence-electron chi connectivity index (χ2n) is 10.3. The first-order chi connectivity index (χ1) is 16.5. The number of carbonyl (C=O) groups is 4. The Morgan fingerprint density at radius 2 is 1.74 bits per heavy atom. The molecule has 35 heavy (non-hydrogen) atoms. The van der Waals surface area contributed by atoms with Crippen LogP contribution < -0.4 is 5.32 Å². The summed E-state index contributed by atoms with van der Waals surface area (Å²) in [6.07, 6.45) is -0.0279. The summed E-state index contributed by atoms with van der Waals surface area (Å²) in [5.74, 6) is -0.661. The number of likely N-dealkylation sites (N-methyl/N-ethyl adjacent to an activating group) is 1. The molecule has 1 N–H and O–H groups in total. The Labute approximate surface area is 208 Å². The zero-order valence-corrected chi connectivity index (χ0v) is 21.7. The van der Waals surface area contributed by atoms with Crippen molar-refractivity contribution < 1.29 is 19.2 Å². The lowest BCUT2D eigenvalue weighted by molar-refractivity contribution is -0.143. The van der Waals surface area contributed by atoms with Gasteiger partial charge in [-0.2, -0.15) is 0 Å². The normalized spacial score (nSPS) is 21.3. The number of nitrogens with one attached hydrogen (secondary N) is 1. The van der Waals surface area contributed by atoms with Gasteiger partial charge in [-0.05, 0) is 46.0 Å². The number of amides is 4. The Kier molecular flexibility index (Phi) is 8.66. The van der Waals surface area contributed by atoms with Crippen LogP contribution in [0.1, 0.15) is 37.8 Å². The van der Waals surface area contributed by atoms with Crippen molar-refractivity contribution in [3.63, 3.8) is 0 Å². The molecule has 0 aromatic heterocycles. The maximum absolute atomic E-state index is 13.7. The van der Waals surface area contributed by atoms with Gasteiger partial charge in [0.1, 0.15) is 0 Å². The van der Waals surface area contributed by atoms with Gasteiger partial charge in [-0.3, -0.25) is 29.0 Å². The van der Waals surface area contributed by atoms with Gasteiger partial charge in [0, 0.05) is 58.2 Å². The maximum Gasteiger partial charge on any atom is 0.240 e. The minimum Gasteiger partial charge on any atom is -0.353 e. The zero-order chi connectivity index (χ0) is 25.8. The number of piperazine rings is 1. The summed E-state index contributed by atoms with van der Waals surface area (Å²) in [5.41, 5.74) is 0.472. The van der Waals surface area contributed by atoms with Crippen LogP contribution in [0.15, 0.2) is 24.3 Å². The predicted molar refractivity (Wildman–Crippen MR) is 134 cm³/mol. The first kappa shape index (κ1) is 26.8. The van der Waals surface area contributed by atoms with Gasteiger partial charge in [-0.1, -0.05) is 24.3 Å². The van der Waals surface area contributed by atoms with Crippen molar-refractivity contribution in [1.82, 2.24) is 24.9 Å². The number of benzene rings is 1. The van der Waals surface area contributed by atoms with E-state index in [4.69, 9.17) is 0 Å². The lowest BCUT2D eigenvalue weighted by Gasteiger charge is -2.36. The number of aryl methyl sites for hydroxylation is 1. The van der Waals surface area contributed by atoms with Crippen LogP contribution in [0.25, 0.3) is 0 Å². The molecule has 4 amide bonds. The van der Waals surface area contributed by atoms with E-state index in [9.17, 15) is 19.2 Å². The van der Waals surface area contributed by atoms with E-state index in [1.807, 2.05) is 68.9 Å². The number of carbonyl (C=O) groups excluding carboxylic acids is 4. The SMILES string of the molecule is Cc1ccccc1[C@@]1(CC(=O)N2CCN(CC(=O)NC(C)C)CC2)CC(=O)N(CCN(C)C)C1=O. The molecule has 0 aliphatic carbocycles. The molecular weight excluding hydrogens is 446 g/mol. The number of hydrogen-bond acceptors (Lipinski definition) is 6. The lowest BCUT2D eigenvalue weighted by atomic mass is 9.74. The van der Waals surface area contributed by atoms with Gasteiger partial charge in [-0.25, -0.2) is 0 Å². The molecule has 0 unspecified atom stereocenters. The standard InChI is InChI=1S/C26H39N5O4/c1-19(2)27-22(32)18-29-11-13-30(14-12-29)23(33)16-26(21-9-7-6-8-20(21)3)17-24(34)31(25(26)35)15-10-28(4)5/h6-9,19H,10-18H2,1-5H3,(H,27,32)/t26-/m1/s1. The fourth-order valence-electron chi connectivity index (χ4n) is 4.98. The molecule has 192 valence electrons. The number of likely N-dealkylation sites (tertiary alicyclic amines) is 1. The highest BCUT2D eigenvalue weighted by Gasteiger charge is 2.54. The molecule has 0 bridgehead atoms. The van der Waals surface area contributed by atoms with Gasteiger partial charge in [0.05, 0.1) is 12.0 Å². The minimum absolute atomic E-state index is 0.00515. The Bertz CT molecular complexity index is 955. The molecule has 0 spiro atoms. The van der Waals surface area contributed by atoms with Crippen LogP contribution in [0.3, 0.4) is 0 Å². The van der Waals surface area contributed by atoms with Crippen LogP contribution in [-0.4, -0.2) is 109 Å². The third kappa shape index (κ3) is 6.27. The summed E-state index contributed by atoms with van der Waals surface area (Å²) in [7, 11) is 3.80. The van der Waals surface area contributed by atoms with E-state index in [-0.39, 0.29) is 42.5 Å². The summed E-state index contributed by atoms with van der Waals surface area (Å²) < 4.78 is 0. The van der Waals surface area contributed by atoms with Crippen LogP contribution in [0.4, 0.5) is 0 Å². The summed E-state index contributed by atoms with van der Waals surface area (Å²) in [6.45, 7) is 9.13. The van der Waals surface area contributed by atoms with Gasteiger partial charge in [0.15, 0.2) is 0 Å². The highest BCUT2D eigenvalue weighted by Crippen LogP contribution is 2.41. The summed E-state index contributed by atoms with van der Waals surface area (Å²) in [5, 5.41) is 2.89. The van der Waals surface area contributed by atoms with Crippen molar-refractivity contribution in [1.29, 1.82) is 0 Å². The fraction of sp³-hybridized carbons (Fsp3) is 0.615. The van der Waals surface area contributed by atoms with Crippen molar-refractivity contribution in [2.24, 2.45) is 0 Å². The molecule has 1 aromatic rings. The van der Waals surface area contributed by atoms with Crippen molar-refractivity contribution in [2.75, 3.05) is 59.9 Å². The van der Waals surface area contributed by atoms with Crippen LogP contribution in [-0.2, 0) is 24.6 Å². The molecule has 3 rings (SSSR count). The van der Waals surface area contributed by atoms with Gasteiger partial charge in [-0.15, -0.1) is 0 Å². The quantitative estimate of drug-likeness (QED) is 0.516. The van der Waals surface area contributed by atoms with Gasteiger partial charge >= 0.3 is 0 Å². The first-order valence-electron chi connectivity index (χ1n) is 12.4. The maximum atomic E-state index is 13.7. The third-order valence-electron chi connectivity index (χ3n) is 6.83. The van der Waals surface area contributed by atoms with Crippen molar-refractivity contribution in [3.8, 4) is 0 Å². The van der Waals surface area contributed by atoms with E-state index in [0.717, 1.165) is 11.1 Å². The Balaban J connectivity index is 1.75. The van der Waals surface area contributed by atoms with E-state index >= 15 is 0 Å². The summed E-state index contributed by atoms with van der Waals surface area (Å²) in [6, 6.07) is 7.63. The molecule has 2 fully saturated rings. The number of imide groups is 1. The average Bonchev–Trinajstić information content (AvgIpc) is 3.01. The molecule has 1 aromatic carbocycles. The highest BCUT2D eigenvalue weighted by atomic mass is 16.2. The van der Waals surface area contributed by atoms with Crippen molar-refractivity contribution in [2.45, 2.75) is 45.1 Å². The topological polar surface area (TPSA) is 93.3 Å². The van der Waals surface area contributed by atoms with Gasteiger partial charge in [0.25, 0.3) is 0 Å². The molecule has 1 atom stereocenters. The van der Waals surface area contributed by atoms with E-state index < -0.39 is 5.41 Å². The van der Waals surface area contributed by atoms with E-state index in [0.29, 0.717) is 45.8 Å². The average molecular weight is 486 g/mol. The molecule has 9 heteroatoms.